The first-order valence-electron chi connectivity index (χ1n) is 13.1. The van der Waals surface area contributed by atoms with E-state index in [0.29, 0.717) is 19.6 Å². The number of aliphatic hydroxyl groups is 1. The fourth-order valence-corrected chi connectivity index (χ4v) is 4.53. The first-order chi connectivity index (χ1) is 18.6. The summed E-state index contributed by atoms with van der Waals surface area (Å²) in [7, 11) is 0. The second-order valence-corrected chi connectivity index (χ2v) is 9.17. The van der Waals surface area contributed by atoms with Crippen LogP contribution in [-0.4, -0.2) is 41.5 Å². The average molecular weight is 513 g/mol. The maximum absolute atomic E-state index is 13.0. The van der Waals surface area contributed by atoms with Crippen molar-refractivity contribution in [3.05, 3.63) is 114 Å². The number of aryl methyl sites for hydroxylation is 1. The maximum Gasteiger partial charge on any atom is 0.250 e. The zero-order chi connectivity index (χ0) is 26.7. The highest BCUT2D eigenvalue weighted by Crippen LogP contribution is 2.23. The minimum atomic E-state index is -0.655. The number of hydrogen-bond donors (Lipinski definition) is 2. The third-order valence-corrected chi connectivity index (χ3v) is 6.56. The number of aliphatic hydroxyl groups excluding tert-OH is 1. The van der Waals surface area contributed by atoms with Crippen LogP contribution in [0.15, 0.2) is 97.1 Å². The van der Waals surface area contributed by atoms with Gasteiger partial charge in [-0.1, -0.05) is 72.8 Å². The number of carbonyl (C=O) groups is 1. The van der Waals surface area contributed by atoms with Gasteiger partial charge in [-0.25, -0.2) is 0 Å². The Morgan fingerprint density at radius 3 is 2.26 bits per heavy atom. The van der Waals surface area contributed by atoms with E-state index in [-0.39, 0.29) is 12.5 Å². The molecular formula is C32H36N2O4. The van der Waals surface area contributed by atoms with Crippen LogP contribution >= 0.6 is 0 Å². The van der Waals surface area contributed by atoms with Crippen molar-refractivity contribution in [3.63, 3.8) is 0 Å². The zero-order valence-corrected chi connectivity index (χ0v) is 22.0. The van der Waals surface area contributed by atoms with E-state index >= 15 is 0 Å². The highest BCUT2D eigenvalue weighted by atomic mass is 16.5. The van der Waals surface area contributed by atoms with E-state index in [2.05, 4.69) is 41.1 Å². The number of aromatic nitrogens is 1. The van der Waals surface area contributed by atoms with Crippen LogP contribution in [0.2, 0.25) is 0 Å². The summed E-state index contributed by atoms with van der Waals surface area (Å²) in [4.78, 5) is 13.0. The molecule has 38 heavy (non-hydrogen) atoms. The van der Waals surface area contributed by atoms with Crippen LogP contribution in [0, 0.1) is 6.92 Å². The van der Waals surface area contributed by atoms with Gasteiger partial charge in [-0.2, -0.15) is 0 Å². The zero-order valence-electron chi connectivity index (χ0n) is 22.0. The van der Waals surface area contributed by atoms with Crippen molar-refractivity contribution in [1.29, 1.82) is 0 Å². The Balaban J connectivity index is 1.33. The third kappa shape index (κ3) is 7.12. The summed E-state index contributed by atoms with van der Waals surface area (Å²) in [6.45, 7) is 5.49. The van der Waals surface area contributed by atoms with Crippen LogP contribution in [0.25, 0.3) is 11.3 Å². The molecule has 0 aliphatic carbocycles. The van der Waals surface area contributed by atoms with E-state index in [9.17, 15) is 9.90 Å². The topological polar surface area (TPSA) is 72.7 Å². The molecule has 0 bridgehead atoms. The molecule has 198 valence electrons. The average Bonchev–Trinajstić information content (AvgIpc) is 3.33. The Morgan fingerprint density at radius 1 is 0.921 bits per heavy atom. The monoisotopic (exact) mass is 512 g/mol. The number of nitrogens with one attached hydrogen (secondary N) is 1. The van der Waals surface area contributed by atoms with Crippen LogP contribution < -0.4 is 10.1 Å². The molecule has 0 saturated heterocycles. The molecule has 1 heterocycles. The van der Waals surface area contributed by atoms with Gasteiger partial charge in [0, 0.05) is 24.4 Å². The van der Waals surface area contributed by atoms with E-state index in [0.717, 1.165) is 23.4 Å². The van der Waals surface area contributed by atoms with Crippen LogP contribution in [0.1, 0.15) is 29.8 Å². The fraction of sp³-hybridized carbons (Fsp3) is 0.281. The van der Waals surface area contributed by atoms with Crippen molar-refractivity contribution < 1.29 is 19.4 Å². The molecule has 1 aromatic heterocycles. The van der Waals surface area contributed by atoms with Crippen molar-refractivity contribution in [2.24, 2.45) is 0 Å². The summed E-state index contributed by atoms with van der Waals surface area (Å²) < 4.78 is 14.1. The molecule has 4 rings (SSSR count). The van der Waals surface area contributed by atoms with E-state index in [1.807, 2.05) is 79.7 Å². The molecule has 2 atom stereocenters. The number of carbonyl (C=O) groups excluding carboxylic acids is 1. The molecule has 6 nitrogen and oxygen atoms in total. The van der Waals surface area contributed by atoms with Crippen molar-refractivity contribution in [2.45, 2.75) is 39.0 Å². The highest BCUT2D eigenvalue weighted by molar-refractivity contribution is 5.81. The van der Waals surface area contributed by atoms with Gasteiger partial charge >= 0.3 is 0 Å². The van der Waals surface area contributed by atoms with Gasteiger partial charge in [-0.05, 0) is 54.8 Å². The van der Waals surface area contributed by atoms with Gasteiger partial charge in [0.15, 0.2) is 0 Å². The van der Waals surface area contributed by atoms with Gasteiger partial charge in [-0.15, -0.1) is 0 Å². The normalized spacial score (nSPS) is 12.6. The van der Waals surface area contributed by atoms with Crippen molar-refractivity contribution >= 4 is 5.91 Å². The molecular weight excluding hydrogens is 476 g/mol. The molecule has 6 heteroatoms. The van der Waals surface area contributed by atoms with Gasteiger partial charge in [-0.3, -0.25) is 4.79 Å². The molecule has 1 amide bonds. The molecule has 4 aromatic rings. The van der Waals surface area contributed by atoms with Crippen molar-refractivity contribution in [2.75, 3.05) is 19.8 Å². The fourth-order valence-electron chi connectivity index (χ4n) is 4.53. The Labute approximate surface area is 224 Å². The third-order valence-electron chi connectivity index (χ3n) is 6.56. The standard InChI is InChI=1S/C32H36N2O4/c1-3-37-31(32(36)33-29(23-35)26-10-6-4-7-11-26)22-25-15-17-28(18-16-25)38-21-20-34-24(2)14-19-30(34)27-12-8-5-9-13-27/h4-19,29,31,35H,3,20-23H2,1-2H3,(H,33,36)/t29-,31+/m0/s1. The van der Waals surface area contributed by atoms with Crippen LogP contribution in [0.4, 0.5) is 0 Å². The lowest BCUT2D eigenvalue weighted by Gasteiger charge is -2.22. The summed E-state index contributed by atoms with van der Waals surface area (Å²) in [6.07, 6.45) is -0.228. The van der Waals surface area contributed by atoms with Gasteiger partial charge in [0.25, 0.3) is 0 Å². The quantitative estimate of drug-likeness (QED) is 0.254. The second kappa shape index (κ2) is 13.6. The summed E-state index contributed by atoms with van der Waals surface area (Å²) in [6, 6.07) is 31.4. The van der Waals surface area contributed by atoms with Crippen LogP contribution in [-0.2, 0) is 22.5 Å². The van der Waals surface area contributed by atoms with Gasteiger partial charge < -0.3 is 24.5 Å². The van der Waals surface area contributed by atoms with Crippen LogP contribution in [0.3, 0.4) is 0 Å². The van der Waals surface area contributed by atoms with E-state index < -0.39 is 12.1 Å². The Bertz CT molecular complexity index is 1270. The van der Waals surface area contributed by atoms with Crippen molar-refractivity contribution in [1.82, 2.24) is 9.88 Å². The van der Waals surface area contributed by atoms with E-state index in [1.54, 1.807) is 0 Å². The number of hydrogen-bond acceptors (Lipinski definition) is 4. The first kappa shape index (κ1) is 27.2. The number of ether oxygens (including phenoxy) is 2. The molecule has 0 unspecified atom stereocenters. The number of amides is 1. The van der Waals surface area contributed by atoms with Gasteiger partial charge in [0.05, 0.1) is 19.2 Å². The maximum atomic E-state index is 13.0. The van der Waals surface area contributed by atoms with Gasteiger partial charge in [0.2, 0.25) is 5.91 Å². The molecule has 0 spiro atoms. The van der Waals surface area contributed by atoms with E-state index in [1.165, 1.54) is 17.0 Å². The smallest absolute Gasteiger partial charge is 0.250 e. The Hall–Kier alpha value is -3.87. The second-order valence-electron chi connectivity index (χ2n) is 9.17. The lowest BCUT2D eigenvalue weighted by molar-refractivity contribution is -0.133. The van der Waals surface area contributed by atoms with Crippen LogP contribution in [0.5, 0.6) is 5.75 Å². The number of benzene rings is 3. The first-order valence-corrected chi connectivity index (χ1v) is 13.1. The predicted octanol–water partition coefficient (Wildman–Crippen LogP) is 5.34. The lowest BCUT2D eigenvalue weighted by atomic mass is 10.0. The highest BCUT2D eigenvalue weighted by Gasteiger charge is 2.23. The number of rotatable bonds is 13. The molecule has 2 N–H and O–H groups in total. The van der Waals surface area contributed by atoms with Crippen molar-refractivity contribution in [3.8, 4) is 17.0 Å². The molecule has 0 radical (unpaired) electrons. The summed E-state index contributed by atoms with van der Waals surface area (Å²) in [5, 5.41) is 12.7. The SMILES string of the molecule is CCO[C@H](Cc1ccc(OCCn2c(C)ccc2-c2ccccc2)cc1)C(=O)N[C@@H](CO)c1ccccc1. The van der Waals surface area contributed by atoms with Gasteiger partial charge in [0.1, 0.15) is 18.5 Å². The molecule has 0 fully saturated rings. The largest absolute Gasteiger partial charge is 0.492 e. The Morgan fingerprint density at radius 2 is 1.61 bits per heavy atom. The Kier molecular flexibility index (Phi) is 9.73. The molecule has 0 aliphatic rings. The number of nitrogens with zero attached hydrogens (tertiary/aromatic N) is 1. The minimum Gasteiger partial charge on any atom is -0.492 e. The molecule has 0 saturated carbocycles. The summed E-state index contributed by atoms with van der Waals surface area (Å²) >= 11 is 0. The minimum absolute atomic E-state index is 0.185. The molecule has 3 aromatic carbocycles. The molecule has 0 aliphatic heterocycles. The van der Waals surface area contributed by atoms with E-state index in [4.69, 9.17) is 9.47 Å². The predicted molar refractivity (Wildman–Crippen MR) is 150 cm³/mol. The lowest BCUT2D eigenvalue weighted by Crippen LogP contribution is -2.41. The summed E-state index contributed by atoms with van der Waals surface area (Å²) in [5.41, 5.74) is 5.38. The summed E-state index contributed by atoms with van der Waals surface area (Å²) in [5.74, 6) is 0.535.